The largest absolute Gasteiger partial charge is 0.478 e. The quantitative estimate of drug-likeness (QED) is 0.506. The lowest BCUT2D eigenvalue weighted by Gasteiger charge is -2.26. The summed E-state index contributed by atoms with van der Waals surface area (Å²) < 4.78 is 12.9. The SMILES string of the molecule is Cc1ccc(C#Cc2cc3nc(OCCCN4CCOCC4)ccn3n2)cc1. The number of fused-ring (bicyclic) bond motifs is 1. The molecule has 6 nitrogen and oxygen atoms in total. The number of nitrogens with zero attached hydrogens (tertiary/aromatic N) is 4. The molecule has 1 aliphatic heterocycles. The molecule has 0 unspecified atom stereocenters. The second-order valence-electron chi connectivity index (χ2n) is 6.87. The molecule has 2 aromatic heterocycles. The summed E-state index contributed by atoms with van der Waals surface area (Å²) in [7, 11) is 0. The predicted octanol–water partition coefficient (Wildman–Crippen LogP) is 2.54. The molecule has 0 atom stereocenters. The fourth-order valence-corrected chi connectivity index (χ4v) is 3.07. The second-order valence-corrected chi connectivity index (χ2v) is 6.87. The van der Waals surface area contributed by atoms with E-state index in [4.69, 9.17) is 9.47 Å². The van der Waals surface area contributed by atoms with Gasteiger partial charge in [-0.1, -0.05) is 23.6 Å². The maximum absolute atomic E-state index is 5.81. The first kappa shape index (κ1) is 18.5. The highest BCUT2D eigenvalue weighted by Crippen LogP contribution is 2.11. The van der Waals surface area contributed by atoms with Crippen LogP contribution in [0.25, 0.3) is 5.65 Å². The van der Waals surface area contributed by atoms with Crippen molar-refractivity contribution < 1.29 is 9.47 Å². The molecule has 0 spiro atoms. The van der Waals surface area contributed by atoms with E-state index in [1.807, 2.05) is 30.5 Å². The minimum Gasteiger partial charge on any atom is -0.478 e. The molecule has 28 heavy (non-hydrogen) atoms. The summed E-state index contributed by atoms with van der Waals surface area (Å²) in [4.78, 5) is 6.93. The van der Waals surface area contributed by atoms with E-state index in [2.05, 4.69) is 45.9 Å². The van der Waals surface area contributed by atoms with Crippen molar-refractivity contribution in [2.24, 2.45) is 0 Å². The summed E-state index contributed by atoms with van der Waals surface area (Å²) in [5.41, 5.74) is 3.62. The van der Waals surface area contributed by atoms with Crippen molar-refractivity contribution in [1.82, 2.24) is 19.5 Å². The van der Waals surface area contributed by atoms with Crippen LogP contribution in [-0.2, 0) is 4.74 Å². The van der Waals surface area contributed by atoms with Crippen molar-refractivity contribution in [1.29, 1.82) is 0 Å². The third-order valence-corrected chi connectivity index (χ3v) is 4.66. The van der Waals surface area contributed by atoms with Crippen LogP contribution in [0.4, 0.5) is 0 Å². The predicted molar refractivity (Wildman–Crippen MR) is 108 cm³/mol. The number of benzene rings is 1. The molecule has 4 rings (SSSR count). The zero-order chi connectivity index (χ0) is 19.2. The maximum Gasteiger partial charge on any atom is 0.216 e. The summed E-state index contributed by atoms with van der Waals surface area (Å²) in [6, 6.07) is 11.8. The van der Waals surface area contributed by atoms with Gasteiger partial charge >= 0.3 is 0 Å². The molecule has 0 N–H and O–H groups in total. The number of aryl methyl sites for hydroxylation is 1. The highest BCUT2D eigenvalue weighted by Gasteiger charge is 2.09. The van der Waals surface area contributed by atoms with Gasteiger partial charge in [-0.05, 0) is 31.4 Å². The Balaban J connectivity index is 1.34. The number of hydrogen-bond donors (Lipinski definition) is 0. The van der Waals surface area contributed by atoms with Gasteiger partial charge in [-0.3, -0.25) is 4.90 Å². The first-order chi connectivity index (χ1) is 13.8. The van der Waals surface area contributed by atoms with Crippen LogP contribution in [0.3, 0.4) is 0 Å². The molecule has 0 radical (unpaired) electrons. The number of rotatable bonds is 5. The van der Waals surface area contributed by atoms with Crippen LogP contribution in [0, 0.1) is 18.8 Å². The average molecular weight is 376 g/mol. The Morgan fingerprint density at radius 1 is 1.11 bits per heavy atom. The molecule has 1 aliphatic rings. The summed E-state index contributed by atoms with van der Waals surface area (Å²) >= 11 is 0. The lowest BCUT2D eigenvalue weighted by molar-refractivity contribution is 0.0357. The maximum atomic E-state index is 5.81. The Bertz CT molecular complexity index is 979. The van der Waals surface area contributed by atoms with Gasteiger partial charge in [0.05, 0.1) is 19.8 Å². The van der Waals surface area contributed by atoms with Crippen molar-refractivity contribution in [3.63, 3.8) is 0 Å². The van der Waals surface area contributed by atoms with Crippen LogP contribution in [0.15, 0.2) is 42.6 Å². The fraction of sp³-hybridized carbons (Fsp3) is 0.364. The lowest BCUT2D eigenvalue weighted by atomic mass is 10.1. The minimum absolute atomic E-state index is 0.618. The van der Waals surface area contributed by atoms with E-state index in [-0.39, 0.29) is 0 Å². The van der Waals surface area contributed by atoms with E-state index < -0.39 is 0 Å². The summed E-state index contributed by atoms with van der Waals surface area (Å²) in [6.07, 6.45) is 2.83. The molecule has 0 bridgehead atoms. The van der Waals surface area contributed by atoms with Gasteiger partial charge in [0, 0.05) is 43.5 Å². The van der Waals surface area contributed by atoms with E-state index in [0.29, 0.717) is 18.2 Å². The summed E-state index contributed by atoms with van der Waals surface area (Å²) in [5.74, 6) is 6.86. The van der Waals surface area contributed by atoms with Gasteiger partial charge < -0.3 is 9.47 Å². The molecule has 0 saturated carbocycles. The molecular formula is C22H24N4O2. The molecule has 144 valence electrons. The van der Waals surface area contributed by atoms with Gasteiger partial charge in [0.2, 0.25) is 5.88 Å². The van der Waals surface area contributed by atoms with E-state index in [1.54, 1.807) is 4.52 Å². The zero-order valence-corrected chi connectivity index (χ0v) is 16.1. The van der Waals surface area contributed by atoms with Crippen molar-refractivity contribution in [3.05, 3.63) is 59.4 Å². The number of morpholine rings is 1. The standard InChI is InChI=1S/C22H24N4O2/c1-18-3-5-19(6-4-18)7-8-20-17-21-23-22(9-11-26(21)24-20)28-14-2-10-25-12-15-27-16-13-25/h3-6,9,11,17H,2,10,12-16H2,1H3. The van der Waals surface area contributed by atoms with E-state index in [1.165, 1.54) is 5.56 Å². The molecular weight excluding hydrogens is 352 g/mol. The van der Waals surface area contributed by atoms with Gasteiger partial charge in [-0.15, -0.1) is 0 Å². The van der Waals surface area contributed by atoms with Gasteiger partial charge in [0.25, 0.3) is 0 Å². The zero-order valence-electron chi connectivity index (χ0n) is 16.1. The van der Waals surface area contributed by atoms with Crippen LogP contribution in [0.1, 0.15) is 23.2 Å². The van der Waals surface area contributed by atoms with Crippen LogP contribution in [0.2, 0.25) is 0 Å². The summed E-state index contributed by atoms with van der Waals surface area (Å²) in [6.45, 7) is 7.41. The molecule has 0 amide bonds. The van der Waals surface area contributed by atoms with E-state index >= 15 is 0 Å². The molecule has 1 saturated heterocycles. The van der Waals surface area contributed by atoms with Gasteiger partial charge in [-0.2, -0.15) is 10.1 Å². The van der Waals surface area contributed by atoms with Crippen molar-refractivity contribution in [2.75, 3.05) is 39.5 Å². The number of ether oxygens (including phenoxy) is 2. The van der Waals surface area contributed by atoms with Crippen molar-refractivity contribution in [2.45, 2.75) is 13.3 Å². The second kappa shape index (κ2) is 8.87. The monoisotopic (exact) mass is 376 g/mol. The highest BCUT2D eigenvalue weighted by atomic mass is 16.5. The average Bonchev–Trinajstić information content (AvgIpc) is 3.14. The third-order valence-electron chi connectivity index (χ3n) is 4.66. The third kappa shape index (κ3) is 4.89. The lowest BCUT2D eigenvalue weighted by Crippen LogP contribution is -2.37. The fourth-order valence-electron chi connectivity index (χ4n) is 3.07. The molecule has 3 aromatic rings. The first-order valence-electron chi connectivity index (χ1n) is 9.64. The van der Waals surface area contributed by atoms with Gasteiger partial charge in [0.15, 0.2) is 5.65 Å². The van der Waals surface area contributed by atoms with Gasteiger partial charge in [-0.25, -0.2) is 4.52 Å². The molecule has 3 heterocycles. The van der Waals surface area contributed by atoms with Crippen LogP contribution >= 0.6 is 0 Å². The van der Waals surface area contributed by atoms with E-state index in [9.17, 15) is 0 Å². The summed E-state index contributed by atoms with van der Waals surface area (Å²) in [5, 5.41) is 4.45. The topological polar surface area (TPSA) is 51.9 Å². The number of aromatic nitrogens is 3. The molecule has 1 fully saturated rings. The highest BCUT2D eigenvalue weighted by molar-refractivity contribution is 5.48. The van der Waals surface area contributed by atoms with Crippen LogP contribution in [0.5, 0.6) is 5.88 Å². The Morgan fingerprint density at radius 3 is 2.75 bits per heavy atom. The molecule has 1 aromatic carbocycles. The van der Waals surface area contributed by atoms with Crippen LogP contribution in [-0.4, -0.2) is 59.0 Å². The Hall–Kier alpha value is -2.88. The van der Waals surface area contributed by atoms with Crippen molar-refractivity contribution in [3.8, 4) is 17.7 Å². The normalized spacial score (nSPS) is 14.6. The molecule has 6 heteroatoms. The number of hydrogen-bond acceptors (Lipinski definition) is 5. The minimum atomic E-state index is 0.618. The Morgan fingerprint density at radius 2 is 1.93 bits per heavy atom. The Kier molecular flexibility index (Phi) is 5.86. The van der Waals surface area contributed by atoms with Crippen molar-refractivity contribution >= 4 is 5.65 Å². The first-order valence-corrected chi connectivity index (χ1v) is 9.64. The smallest absolute Gasteiger partial charge is 0.216 e. The van der Waals surface area contributed by atoms with Gasteiger partial charge in [0.1, 0.15) is 5.69 Å². The Labute approximate surface area is 165 Å². The van der Waals surface area contributed by atoms with E-state index in [0.717, 1.165) is 50.5 Å². The molecule has 0 aliphatic carbocycles. The van der Waals surface area contributed by atoms with Crippen LogP contribution < -0.4 is 4.74 Å².